The Labute approximate surface area is 95.7 Å². The van der Waals surface area contributed by atoms with Crippen LogP contribution in [0.1, 0.15) is 0 Å². The van der Waals surface area contributed by atoms with Crippen molar-refractivity contribution in [3.8, 4) is 0 Å². The summed E-state index contributed by atoms with van der Waals surface area (Å²) in [5.74, 6) is 1.08. The van der Waals surface area contributed by atoms with E-state index in [0.29, 0.717) is 11.6 Å². The van der Waals surface area contributed by atoms with Crippen LogP contribution in [0.4, 0.5) is 17.3 Å². The largest absolute Gasteiger partial charge is 0.382 e. The van der Waals surface area contributed by atoms with Gasteiger partial charge in [0.1, 0.15) is 5.82 Å². The molecule has 0 radical (unpaired) electrons. The molecule has 15 heavy (non-hydrogen) atoms. The fourth-order valence-electron chi connectivity index (χ4n) is 1.12. The van der Waals surface area contributed by atoms with Crippen LogP contribution in [0.25, 0.3) is 0 Å². The Balaban J connectivity index is 2.18. The van der Waals surface area contributed by atoms with Crippen molar-refractivity contribution in [2.45, 2.75) is 0 Å². The van der Waals surface area contributed by atoms with Crippen molar-refractivity contribution in [2.75, 3.05) is 11.1 Å². The molecule has 1 aromatic heterocycles. The van der Waals surface area contributed by atoms with Gasteiger partial charge in [0.25, 0.3) is 0 Å². The maximum Gasteiger partial charge on any atom is 0.153 e. The van der Waals surface area contributed by atoms with Gasteiger partial charge in [0.2, 0.25) is 0 Å². The molecule has 0 bridgehead atoms. The predicted molar refractivity (Wildman–Crippen MR) is 63.9 cm³/mol. The smallest absolute Gasteiger partial charge is 0.153 e. The van der Waals surface area contributed by atoms with Crippen molar-refractivity contribution in [3.05, 3.63) is 40.9 Å². The number of nitrogen functional groups attached to an aromatic ring is 1. The maximum absolute atomic E-state index is 5.44. The Morgan fingerprint density at radius 1 is 1.13 bits per heavy atom. The van der Waals surface area contributed by atoms with E-state index in [9.17, 15) is 0 Å². The number of rotatable bonds is 2. The summed E-state index contributed by atoms with van der Waals surface area (Å²) in [6.07, 6.45) is 0. The molecular weight excluding hydrogens is 256 g/mol. The van der Waals surface area contributed by atoms with Crippen molar-refractivity contribution < 1.29 is 0 Å². The monoisotopic (exact) mass is 264 g/mol. The van der Waals surface area contributed by atoms with Crippen molar-refractivity contribution in [2.24, 2.45) is 0 Å². The minimum Gasteiger partial charge on any atom is -0.382 e. The Bertz CT molecular complexity index is 455. The molecule has 2 rings (SSSR count). The first-order valence-corrected chi connectivity index (χ1v) is 5.15. The highest BCUT2D eigenvalue weighted by molar-refractivity contribution is 9.10. The van der Waals surface area contributed by atoms with E-state index < -0.39 is 0 Å². The van der Waals surface area contributed by atoms with Crippen LogP contribution in [0, 0.1) is 0 Å². The molecule has 1 aromatic carbocycles. The number of anilines is 3. The summed E-state index contributed by atoms with van der Waals surface area (Å²) in [6, 6.07) is 11.3. The van der Waals surface area contributed by atoms with E-state index in [0.717, 1.165) is 10.2 Å². The van der Waals surface area contributed by atoms with Crippen molar-refractivity contribution in [1.82, 2.24) is 10.2 Å². The summed E-state index contributed by atoms with van der Waals surface area (Å²) in [5, 5.41) is 10.8. The molecule has 0 amide bonds. The molecule has 0 aliphatic heterocycles. The van der Waals surface area contributed by atoms with Gasteiger partial charge in [-0.2, -0.15) is 0 Å². The molecule has 0 atom stereocenters. The number of nitrogens with one attached hydrogen (secondary N) is 1. The van der Waals surface area contributed by atoms with Crippen LogP contribution < -0.4 is 11.1 Å². The number of nitrogens with two attached hydrogens (primary N) is 1. The number of aromatic nitrogens is 2. The zero-order valence-electron chi connectivity index (χ0n) is 7.81. The van der Waals surface area contributed by atoms with Gasteiger partial charge in [-0.05, 0) is 30.3 Å². The summed E-state index contributed by atoms with van der Waals surface area (Å²) in [5.41, 5.74) is 6.38. The molecular formula is C10H9BrN4. The third-order valence-electron chi connectivity index (χ3n) is 1.78. The van der Waals surface area contributed by atoms with Gasteiger partial charge in [-0.1, -0.05) is 22.0 Å². The van der Waals surface area contributed by atoms with Gasteiger partial charge in [-0.15, -0.1) is 10.2 Å². The van der Waals surface area contributed by atoms with Crippen LogP contribution in [0.3, 0.4) is 0 Å². The summed E-state index contributed by atoms with van der Waals surface area (Å²) in [7, 11) is 0. The van der Waals surface area contributed by atoms with E-state index >= 15 is 0 Å². The molecule has 0 saturated carbocycles. The Hall–Kier alpha value is -1.62. The molecule has 3 N–H and O–H groups in total. The fraction of sp³-hybridized carbons (Fsp3) is 0. The van der Waals surface area contributed by atoms with Gasteiger partial charge in [0.05, 0.1) is 0 Å². The van der Waals surface area contributed by atoms with Gasteiger partial charge in [-0.25, -0.2) is 0 Å². The molecule has 4 nitrogen and oxygen atoms in total. The molecule has 0 fully saturated rings. The summed E-state index contributed by atoms with van der Waals surface area (Å²) < 4.78 is 1.01. The van der Waals surface area contributed by atoms with E-state index in [2.05, 4.69) is 31.4 Å². The topological polar surface area (TPSA) is 63.8 Å². The molecule has 1 heterocycles. The minimum absolute atomic E-state index is 0.412. The van der Waals surface area contributed by atoms with Gasteiger partial charge < -0.3 is 11.1 Å². The number of nitrogens with zero attached hydrogens (tertiary/aromatic N) is 2. The number of benzene rings is 1. The highest BCUT2D eigenvalue weighted by atomic mass is 79.9. The van der Waals surface area contributed by atoms with Gasteiger partial charge >= 0.3 is 0 Å². The lowest BCUT2D eigenvalue weighted by atomic mass is 10.3. The Morgan fingerprint density at radius 2 is 2.00 bits per heavy atom. The Kier molecular flexibility index (Phi) is 2.82. The summed E-state index contributed by atoms with van der Waals surface area (Å²) in [4.78, 5) is 0. The van der Waals surface area contributed by atoms with E-state index in [1.54, 1.807) is 12.1 Å². The average molecular weight is 265 g/mol. The standard InChI is InChI=1S/C10H9BrN4/c11-7-2-1-3-8(6-7)13-10-5-4-9(12)14-15-10/h1-6H,(H2,12,14)(H,13,15). The average Bonchev–Trinajstić information content (AvgIpc) is 2.22. The second-order valence-electron chi connectivity index (χ2n) is 2.98. The first-order valence-electron chi connectivity index (χ1n) is 4.36. The lowest BCUT2D eigenvalue weighted by Gasteiger charge is -2.04. The highest BCUT2D eigenvalue weighted by Crippen LogP contribution is 2.18. The molecule has 0 saturated heterocycles. The molecule has 0 unspecified atom stereocenters. The van der Waals surface area contributed by atoms with E-state index in [1.165, 1.54) is 0 Å². The lowest BCUT2D eigenvalue weighted by molar-refractivity contribution is 1.05. The second-order valence-corrected chi connectivity index (χ2v) is 3.89. The molecule has 2 aromatic rings. The third-order valence-corrected chi connectivity index (χ3v) is 2.28. The first-order chi connectivity index (χ1) is 7.24. The third kappa shape index (κ3) is 2.66. The quantitative estimate of drug-likeness (QED) is 0.875. The van der Waals surface area contributed by atoms with Crippen LogP contribution in [0.2, 0.25) is 0 Å². The van der Waals surface area contributed by atoms with Crippen LogP contribution in [-0.2, 0) is 0 Å². The zero-order chi connectivity index (χ0) is 10.7. The Morgan fingerprint density at radius 3 is 2.67 bits per heavy atom. The number of hydrogen-bond donors (Lipinski definition) is 2. The lowest BCUT2D eigenvalue weighted by Crippen LogP contribution is -1.97. The maximum atomic E-state index is 5.44. The number of hydrogen-bond acceptors (Lipinski definition) is 4. The van der Waals surface area contributed by atoms with Crippen molar-refractivity contribution >= 4 is 33.3 Å². The van der Waals surface area contributed by atoms with E-state index in [4.69, 9.17) is 5.73 Å². The van der Waals surface area contributed by atoms with Crippen LogP contribution >= 0.6 is 15.9 Å². The SMILES string of the molecule is Nc1ccc(Nc2cccc(Br)c2)nn1. The first kappa shape index (κ1) is 9.92. The normalized spacial score (nSPS) is 9.93. The second kappa shape index (κ2) is 4.27. The summed E-state index contributed by atoms with van der Waals surface area (Å²) in [6.45, 7) is 0. The predicted octanol–water partition coefficient (Wildman–Crippen LogP) is 2.56. The van der Waals surface area contributed by atoms with Gasteiger partial charge in [0.15, 0.2) is 5.82 Å². The van der Waals surface area contributed by atoms with E-state index in [-0.39, 0.29) is 0 Å². The van der Waals surface area contributed by atoms with Gasteiger partial charge in [0, 0.05) is 10.2 Å². The van der Waals surface area contributed by atoms with Crippen LogP contribution in [0.15, 0.2) is 40.9 Å². The van der Waals surface area contributed by atoms with Crippen LogP contribution in [0.5, 0.6) is 0 Å². The highest BCUT2D eigenvalue weighted by Gasteiger charge is 1.96. The van der Waals surface area contributed by atoms with Crippen LogP contribution in [-0.4, -0.2) is 10.2 Å². The molecule has 0 spiro atoms. The fourth-order valence-corrected chi connectivity index (χ4v) is 1.52. The minimum atomic E-state index is 0.412. The molecule has 5 heteroatoms. The zero-order valence-corrected chi connectivity index (χ0v) is 9.40. The molecule has 76 valence electrons. The summed E-state index contributed by atoms with van der Waals surface area (Å²) >= 11 is 3.39. The van der Waals surface area contributed by atoms with E-state index in [1.807, 2.05) is 24.3 Å². The number of halogens is 1. The van der Waals surface area contributed by atoms with Crippen molar-refractivity contribution in [1.29, 1.82) is 0 Å². The van der Waals surface area contributed by atoms with Crippen molar-refractivity contribution in [3.63, 3.8) is 0 Å². The van der Waals surface area contributed by atoms with Gasteiger partial charge in [-0.3, -0.25) is 0 Å². The molecule has 0 aliphatic rings. The molecule has 0 aliphatic carbocycles.